The lowest BCUT2D eigenvalue weighted by atomic mass is 9.69. The molecular formula is C120H192O8. The van der Waals surface area contributed by atoms with Crippen molar-refractivity contribution in [2.75, 3.05) is 0 Å². The van der Waals surface area contributed by atoms with E-state index in [1.54, 1.807) is 0 Å². The number of fused-ring (bicyclic) bond motifs is 16. The second kappa shape index (κ2) is 56.1. The largest absolute Gasteiger partial charge is 0.388 e. The Morgan fingerprint density at radius 2 is 0.320 bits per heavy atom. The van der Waals surface area contributed by atoms with Crippen LogP contribution in [-0.2, 0) is 0 Å². The van der Waals surface area contributed by atoms with Gasteiger partial charge in [-0.25, -0.2) is 0 Å². The molecule has 0 aromatic carbocycles. The minimum Gasteiger partial charge on any atom is -0.388 e. The van der Waals surface area contributed by atoms with Crippen molar-refractivity contribution in [2.45, 2.75) is 468 Å². The third-order valence-electron chi connectivity index (χ3n) is 32.6. The summed E-state index contributed by atoms with van der Waals surface area (Å²) in [4.78, 5) is 0. The highest BCUT2D eigenvalue weighted by molar-refractivity contribution is 5.48. The molecule has 8 nitrogen and oxygen atoms in total. The smallest absolute Gasteiger partial charge is 0.0822 e. The van der Waals surface area contributed by atoms with E-state index in [2.05, 4.69) is 208 Å². The van der Waals surface area contributed by atoms with Gasteiger partial charge in [-0.15, -0.1) is 0 Å². The van der Waals surface area contributed by atoms with E-state index in [0.717, 1.165) is 147 Å². The number of hydrogen-bond acceptors (Lipinski definition) is 8. The lowest BCUT2D eigenvalue weighted by Gasteiger charge is -2.39. The van der Waals surface area contributed by atoms with Crippen molar-refractivity contribution in [3.05, 3.63) is 186 Å². The molecule has 0 aromatic rings. The molecule has 0 spiro atoms. The van der Waals surface area contributed by atoms with Crippen LogP contribution in [0.15, 0.2) is 186 Å². The minimum atomic E-state index is -0.887. The second-order valence-electron chi connectivity index (χ2n) is 43.6. The van der Waals surface area contributed by atoms with Crippen molar-refractivity contribution in [3.8, 4) is 0 Å². The molecule has 8 heteroatoms. The number of allylic oxidation sites excluding steroid dienone is 16. The quantitative estimate of drug-likeness (QED) is 0.0279. The molecule has 0 aromatic heterocycles. The van der Waals surface area contributed by atoms with Crippen molar-refractivity contribution in [3.63, 3.8) is 0 Å². The Hall–Kier alpha value is -4.48. The first-order valence-electron chi connectivity index (χ1n) is 54.6. The van der Waals surface area contributed by atoms with Crippen LogP contribution in [0, 0.1) is 94.7 Å². The summed E-state index contributed by atoms with van der Waals surface area (Å²) in [5.74, 6) is -0.848. The summed E-state index contributed by atoms with van der Waals surface area (Å²) in [6, 6.07) is 0. The maximum absolute atomic E-state index is 13.6. The summed E-state index contributed by atoms with van der Waals surface area (Å²) in [5.41, 5.74) is 17.4. The highest BCUT2D eigenvalue weighted by Crippen LogP contribution is 2.50. The summed E-state index contributed by atoms with van der Waals surface area (Å²) in [6.07, 6.45) is 79.9. The Morgan fingerprint density at radius 3 is 0.484 bits per heavy atom. The first-order chi connectivity index (χ1) is 61.8. The van der Waals surface area contributed by atoms with Crippen molar-refractivity contribution in [1.82, 2.24) is 0 Å². The van der Waals surface area contributed by atoms with Crippen LogP contribution in [-0.4, -0.2) is 89.7 Å². The fraction of sp³-hybridized carbons (Fsp3) is 0.733. The van der Waals surface area contributed by atoms with Crippen molar-refractivity contribution < 1.29 is 40.9 Å². The van der Waals surface area contributed by atoms with Gasteiger partial charge in [-0.05, 0) is 239 Å². The topological polar surface area (TPSA) is 162 Å². The Balaban J connectivity index is 1.23. The first-order valence-corrected chi connectivity index (χ1v) is 54.6. The molecule has 0 aliphatic heterocycles. The van der Waals surface area contributed by atoms with Crippen LogP contribution in [0.5, 0.6) is 0 Å². The molecule has 24 unspecified atom stereocenters. The van der Waals surface area contributed by atoms with E-state index in [0.29, 0.717) is 51.4 Å². The average molecular weight is 1760 g/mol. The van der Waals surface area contributed by atoms with Crippen LogP contribution in [0.25, 0.3) is 0 Å². The van der Waals surface area contributed by atoms with Crippen molar-refractivity contribution >= 4 is 0 Å². The molecule has 0 radical (unpaired) electrons. The predicted octanol–water partition coefficient (Wildman–Crippen LogP) is 30.7. The molecule has 128 heavy (non-hydrogen) atoms. The first kappa shape index (κ1) is 107. The molecule has 9 rings (SSSR count). The second-order valence-corrected chi connectivity index (χ2v) is 43.6. The molecule has 9 aliphatic carbocycles. The molecule has 0 amide bonds. The van der Waals surface area contributed by atoms with Crippen LogP contribution in [0.1, 0.15) is 419 Å². The van der Waals surface area contributed by atoms with Crippen LogP contribution in [0.4, 0.5) is 0 Å². The summed E-state index contributed by atoms with van der Waals surface area (Å²) in [7, 11) is 0. The van der Waals surface area contributed by atoms with E-state index in [1.165, 1.54) is 199 Å². The van der Waals surface area contributed by atoms with Crippen molar-refractivity contribution in [1.29, 1.82) is 0 Å². The molecule has 0 saturated heterocycles. The van der Waals surface area contributed by atoms with Crippen LogP contribution >= 0.6 is 0 Å². The van der Waals surface area contributed by atoms with Gasteiger partial charge < -0.3 is 40.9 Å². The Labute approximate surface area is 784 Å². The van der Waals surface area contributed by atoms with Crippen LogP contribution in [0.2, 0.25) is 0 Å². The SMILES string of the molecule is CCCCCCC(C)C1=CC2CC3=CC(C(C)CCCCCC)=CC(CC4=CC(C(C)CCCCCC)=CC(CC5C=C(C(C)CCCCCC)C=C(CC6C=C(C(C)CCCCCC)C=C(CC7=CC(C(C)CCCCCC)=CC(CC8C=C(C(C)CCCCCC)C=C(CC9C=C(C(C)CCCCCC)C=C(CC(=C1)C2O)C9O)C8O)C7O)C6O)C5O)C4O)C3O. The zero-order valence-corrected chi connectivity index (χ0v) is 84.6. The maximum Gasteiger partial charge on any atom is 0.0822 e. The predicted molar refractivity (Wildman–Crippen MR) is 546 cm³/mol. The van der Waals surface area contributed by atoms with Gasteiger partial charge >= 0.3 is 0 Å². The van der Waals surface area contributed by atoms with E-state index < -0.39 is 48.8 Å². The van der Waals surface area contributed by atoms with E-state index in [1.807, 2.05) is 0 Å². The number of hydrogen-bond donors (Lipinski definition) is 8. The van der Waals surface area contributed by atoms with E-state index in [4.69, 9.17) is 0 Å². The normalized spacial score (nSPS) is 29.2. The molecule has 24 atom stereocenters. The summed E-state index contributed by atoms with van der Waals surface area (Å²) in [6.45, 7) is 37.2. The highest BCUT2D eigenvalue weighted by Gasteiger charge is 2.43. The Morgan fingerprint density at radius 1 is 0.188 bits per heavy atom. The van der Waals surface area contributed by atoms with Crippen LogP contribution < -0.4 is 0 Å². The van der Waals surface area contributed by atoms with Gasteiger partial charge in [0.25, 0.3) is 0 Å². The molecule has 9 aliphatic rings. The highest BCUT2D eigenvalue weighted by atomic mass is 16.3. The molecule has 16 bridgehead atoms. The molecule has 0 heterocycles. The summed E-state index contributed by atoms with van der Waals surface area (Å²) < 4.78 is 0. The standard InChI is InChI=1S/C120H192O8/c1-17-25-33-41-49-81(9)89-57-97-73-99-59-90(82(10)50-42-34-26-18-2)61-101(114(99)122)75-103-63-92(84(12)52-44-36-28-20-4)65-105(116(103)124)77-107-67-94(86(14)54-46-38-30-22-6)69-109(118(107)126)79-111-71-96(88(16)56-48-40-32-24-8)72-112(120(111)128)80-110-70-95(87(15)55-47-39-31-23-7)68-108(119(110)127)78-106-66-93(85(13)53-45-37-29-21-5)64-104(117(106)125)76-102-62-91(83(11)51-43-35-27-19-3)60-100(115(102)123)74-98(58-89)113(97)121/h57-72,81-88,97,99-100,103-104,109-111,113-128H,17-56,73-80H2,1-16H3. The molecule has 1 saturated carbocycles. The molecular weight excluding hydrogens is 1570 g/mol. The van der Waals surface area contributed by atoms with Gasteiger partial charge in [-0.2, -0.15) is 0 Å². The number of aliphatic hydroxyl groups excluding tert-OH is 8. The van der Waals surface area contributed by atoms with Gasteiger partial charge in [0.15, 0.2) is 0 Å². The van der Waals surface area contributed by atoms with Gasteiger partial charge in [0.1, 0.15) is 0 Å². The number of rotatable bonds is 48. The minimum absolute atomic E-state index is 0.223. The number of unbranched alkanes of at least 4 members (excludes halogenated alkanes) is 24. The van der Waals surface area contributed by atoms with E-state index in [-0.39, 0.29) is 94.7 Å². The third kappa shape index (κ3) is 31.8. The Kier molecular flexibility index (Phi) is 47.0. The molecule has 8 N–H and O–H groups in total. The van der Waals surface area contributed by atoms with Gasteiger partial charge in [0.05, 0.1) is 48.8 Å². The van der Waals surface area contributed by atoms with Gasteiger partial charge in [0.2, 0.25) is 0 Å². The third-order valence-corrected chi connectivity index (χ3v) is 32.6. The number of aliphatic hydroxyl groups is 8. The zero-order chi connectivity index (χ0) is 92.3. The summed E-state index contributed by atoms with van der Waals surface area (Å²) in [5, 5.41) is 109. The lowest BCUT2D eigenvalue weighted by molar-refractivity contribution is 0.0971. The molecule has 720 valence electrons. The maximum atomic E-state index is 13.6. The molecule has 1 fully saturated rings. The van der Waals surface area contributed by atoms with Gasteiger partial charge in [-0.1, -0.05) is 413 Å². The zero-order valence-electron chi connectivity index (χ0n) is 84.6. The average Bonchev–Trinajstić information content (AvgIpc) is 0.752. The fourth-order valence-corrected chi connectivity index (χ4v) is 23.5. The fourth-order valence-electron chi connectivity index (χ4n) is 23.5. The van der Waals surface area contributed by atoms with Gasteiger partial charge in [0, 0.05) is 47.3 Å². The summed E-state index contributed by atoms with van der Waals surface area (Å²) >= 11 is 0. The Bertz CT molecular complexity index is 3880. The van der Waals surface area contributed by atoms with Crippen LogP contribution in [0.3, 0.4) is 0 Å². The lowest BCUT2D eigenvalue weighted by Crippen LogP contribution is -2.36. The van der Waals surface area contributed by atoms with Crippen molar-refractivity contribution in [2.24, 2.45) is 94.7 Å². The van der Waals surface area contributed by atoms with E-state index >= 15 is 0 Å². The monoisotopic (exact) mass is 1760 g/mol. The van der Waals surface area contributed by atoms with E-state index in [9.17, 15) is 40.9 Å². The van der Waals surface area contributed by atoms with Gasteiger partial charge in [-0.3, -0.25) is 0 Å².